The van der Waals surface area contributed by atoms with Crippen molar-refractivity contribution in [2.75, 3.05) is 20.3 Å². The van der Waals surface area contributed by atoms with Gasteiger partial charge in [-0.05, 0) is 86.5 Å². The Labute approximate surface area is 234 Å². The summed E-state index contributed by atoms with van der Waals surface area (Å²) in [7, 11) is 1.18. The summed E-state index contributed by atoms with van der Waals surface area (Å²) in [5.41, 5.74) is -0.135. The monoisotopic (exact) mass is 568 g/mol. The molecule has 1 saturated carbocycles. The molecule has 1 saturated heterocycles. The zero-order valence-corrected chi connectivity index (χ0v) is 23.5. The van der Waals surface area contributed by atoms with Gasteiger partial charge in [0.05, 0.1) is 26.4 Å². The molecule has 0 amide bonds. The molecule has 1 aliphatic carbocycles. The number of hydrogen-bond donors (Lipinski definition) is 0. The highest BCUT2D eigenvalue weighted by atomic mass is 19.2. The molecule has 222 valence electrons. The summed E-state index contributed by atoms with van der Waals surface area (Å²) in [6.45, 7) is 2.68. The molecule has 0 radical (unpaired) electrons. The fraction of sp³-hybridized carbons (Fsp3) is 0.625. The van der Waals surface area contributed by atoms with Crippen LogP contribution >= 0.6 is 0 Å². The lowest BCUT2D eigenvalue weighted by atomic mass is 9.72. The number of ether oxygens (including phenoxy) is 3. The number of halogens is 5. The fourth-order valence-electron chi connectivity index (χ4n) is 6.30. The Morgan fingerprint density at radius 3 is 2.20 bits per heavy atom. The van der Waals surface area contributed by atoms with Crippen LogP contribution in [0.5, 0.6) is 11.5 Å². The molecule has 4 rings (SSSR count). The topological polar surface area (TPSA) is 27.7 Å². The summed E-state index contributed by atoms with van der Waals surface area (Å²) in [6.07, 6.45) is 8.82. The van der Waals surface area contributed by atoms with Gasteiger partial charge < -0.3 is 14.2 Å². The zero-order valence-electron chi connectivity index (χ0n) is 23.5. The van der Waals surface area contributed by atoms with Gasteiger partial charge in [0.1, 0.15) is 6.17 Å². The van der Waals surface area contributed by atoms with Gasteiger partial charge in [0.25, 0.3) is 0 Å². The normalized spacial score (nSPS) is 24.1. The Kier molecular flexibility index (Phi) is 11.1. The first-order valence-corrected chi connectivity index (χ1v) is 14.7. The minimum Gasteiger partial charge on any atom is -0.494 e. The summed E-state index contributed by atoms with van der Waals surface area (Å²) >= 11 is 0. The highest BCUT2D eigenvalue weighted by molar-refractivity contribution is 5.34. The molecule has 3 unspecified atom stereocenters. The molecule has 1 aliphatic heterocycles. The van der Waals surface area contributed by atoms with Crippen molar-refractivity contribution in [3.8, 4) is 11.5 Å². The Balaban J connectivity index is 1.25. The van der Waals surface area contributed by atoms with E-state index in [4.69, 9.17) is 9.47 Å². The quantitative estimate of drug-likeness (QED) is 0.189. The van der Waals surface area contributed by atoms with Crippen molar-refractivity contribution in [2.45, 2.75) is 95.7 Å². The standard InChI is InChI=1S/C32H41F5O3/c1-3-4-5-6-23-12-11-22(19-40-23)20-7-9-21(10-8-20)24-13-16-28(32(37)29(24)34)39-18-17-26(33)25-14-15-27(38-2)31(36)30(25)35/h13-16,20-23,26H,3-12,17-19H2,1-2H3. The molecule has 3 atom stereocenters. The molecule has 1 heterocycles. The van der Waals surface area contributed by atoms with Crippen LogP contribution in [0.3, 0.4) is 0 Å². The van der Waals surface area contributed by atoms with Crippen LogP contribution in [-0.4, -0.2) is 26.4 Å². The van der Waals surface area contributed by atoms with E-state index < -0.39 is 35.0 Å². The molecule has 0 bridgehead atoms. The van der Waals surface area contributed by atoms with Gasteiger partial charge in [0.15, 0.2) is 23.1 Å². The number of alkyl halides is 1. The first-order valence-electron chi connectivity index (χ1n) is 14.7. The van der Waals surface area contributed by atoms with Crippen LogP contribution in [0.4, 0.5) is 22.0 Å². The van der Waals surface area contributed by atoms with Crippen molar-refractivity contribution in [1.29, 1.82) is 0 Å². The molecule has 2 aromatic rings. The smallest absolute Gasteiger partial charge is 0.200 e. The van der Waals surface area contributed by atoms with Crippen molar-refractivity contribution in [3.05, 3.63) is 58.7 Å². The third-order valence-corrected chi connectivity index (χ3v) is 8.75. The third-order valence-electron chi connectivity index (χ3n) is 8.75. The number of unbranched alkanes of at least 4 members (excludes halogenated alkanes) is 2. The number of hydrogen-bond acceptors (Lipinski definition) is 3. The molecule has 8 heteroatoms. The summed E-state index contributed by atoms with van der Waals surface area (Å²) in [5.74, 6) is -4.27. The molecule has 2 fully saturated rings. The molecule has 40 heavy (non-hydrogen) atoms. The second-order valence-electron chi connectivity index (χ2n) is 11.3. The molecule has 3 nitrogen and oxygen atoms in total. The van der Waals surface area contributed by atoms with Crippen LogP contribution in [0.2, 0.25) is 0 Å². The van der Waals surface area contributed by atoms with Crippen LogP contribution in [-0.2, 0) is 4.74 Å². The van der Waals surface area contributed by atoms with Crippen molar-refractivity contribution < 1.29 is 36.2 Å². The Bertz CT molecular complexity index is 1090. The average molecular weight is 569 g/mol. The second kappa shape index (κ2) is 14.5. The lowest BCUT2D eigenvalue weighted by molar-refractivity contribution is -0.0415. The van der Waals surface area contributed by atoms with E-state index in [1.807, 2.05) is 0 Å². The van der Waals surface area contributed by atoms with Crippen molar-refractivity contribution >= 4 is 0 Å². The zero-order chi connectivity index (χ0) is 28.6. The second-order valence-corrected chi connectivity index (χ2v) is 11.3. The van der Waals surface area contributed by atoms with Crippen molar-refractivity contribution in [2.24, 2.45) is 11.8 Å². The largest absolute Gasteiger partial charge is 0.494 e. The highest BCUT2D eigenvalue weighted by Gasteiger charge is 2.33. The Hall–Kier alpha value is -2.35. The lowest BCUT2D eigenvalue weighted by Gasteiger charge is -2.38. The fourth-order valence-corrected chi connectivity index (χ4v) is 6.30. The van der Waals surface area contributed by atoms with Crippen LogP contribution in [0.1, 0.15) is 101 Å². The predicted molar refractivity (Wildman–Crippen MR) is 145 cm³/mol. The van der Waals surface area contributed by atoms with Crippen LogP contribution in [0.15, 0.2) is 24.3 Å². The van der Waals surface area contributed by atoms with E-state index >= 15 is 4.39 Å². The van der Waals surface area contributed by atoms with Gasteiger partial charge in [-0.3, -0.25) is 0 Å². The molecule has 2 aromatic carbocycles. The van der Waals surface area contributed by atoms with Crippen LogP contribution in [0.25, 0.3) is 0 Å². The van der Waals surface area contributed by atoms with Gasteiger partial charge in [-0.2, -0.15) is 8.78 Å². The minimum absolute atomic E-state index is 0.0609. The maximum Gasteiger partial charge on any atom is 0.200 e. The van der Waals surface area contributed by atoms with Gasteiger partial charge >= 0.3 is 0 Å². The molecule has 0 N–H and O–H groups in total. The van der Waals surface area contributed by atoms with Gasteiger partial charge in [-0.15, -0.1) is 0 Å². The van der Waals surface area contributed by atoms with E-state index in [1.165, 1.54) is 38.9 Å². The Morgan fingerprint density at radius 2 is 1.52 bits per heavy atom. The van der Waals surface area contributed by atoms with E-state index in [2.05, 4.69) is 11.7 Å². The number of rotatable bonds is 12. The molecule has 2 aliphatic rings. The lowest BCUT2D eigenvalue weighted by Crippen LogP contribution is -2.32. The summed E-state index contributed by atoms with van der Waals surface area (Å²) in [4.78, 5) is 0. The SMILES string of the molecule is CCCCCC1CCC(C2CCC(c3ccc(OCCC(F)c4ccc(OC)c(F)c4F)c(F)c3F)CC2)CO1. The van der Waals surface area contributed by atoms with Gasteiger partial charge in [0, 0.05) is 12.0 Å². The number of benzene rings is 2. The van der Waals surface area contributed by atoms with Crippen molar-refractivity contribution in [3.63, 3.8) is 0 Å². The molecule has 0 aromatic heterocycles. The first-order chi connectivity index (χ1) is 19.3. The number of methoxy groups -OCH3 is 1. The average Bonchev–Trinajstić information content (AvgIpc) is 2.97. The van der Waals surface area contributed by atoms with E-state index in [-0.39, 0.29) is 30.4 Å². The van der Waals surface area contributed by atoms with Gasteiger partial charge in [-0.1, -0.05) is 32.3 Å². The van der Waals surface area contributed by atoms with Gasteiger partial charge in [-0.25, -0.2) is 13.2 Å². The highest BCUT2D eigenvalue weighted by Crippen LogP contribution is 2.43. The van der Waals surface area contributed by atoms with E-state index in [0.717, 1.165) is 57.3 Å². The maximum atomic E-state index is 15.0. The van der Waals surface area contributed by atoms with Crippen LogP contribution < -0.4 is 9.47 Å². The first kappa shape index (κ1) is 30.6. The Morgan fingerprint density at radius 1 is 0.825 bits per heavy atom. The molecular weight excluding hydrogens is 527 g/mol. The summed E-state index contributed by atoms with van der Waals surface area (Å²) < 4.78 is 88.6. The minimum atomic E-state index is -1.88. The summed E-state index contributed by atoms with van der Waals surface area (Å²) in [5, 5.41) is 0. The predicted octanol–water partition coefficient (Wildman–Crippen LogP) is 9.38. The van der Waals surface area contributed by atoms with Gasteiger partial charge in [0.2, 0.25) is 11.6 Å². The van der Waals surface area contributed by atoms with E-state index in [1.54, 1.807) is 6.07 Å². The summed E-state index contributed by atoms with van der Waals surface area (Å²) in [6, 6.07) is 5.15. The third kappa shape index (κ3) is 7.29. The molecule has 0 spiro atoms. The van der Waals surface area contributed by atoms with E-state index in [9.17, 15) is 17.6 Å². The molecular formula is C32H41F5O3. The van der Waals surface area contributed by atoms with E-state index in [0.29, 0.717) is 23.5 Å². The van der Waals surface area contributed by atoms with Crippen molar-refractivity contribution in [1.82, 2.24) is 0 Å². The maximum absolute atomic E-state index is 15.0. The van der Waals surface area contributed by atoms with Crippen LogP contribution in [0, 0.1) is 35.1 Å².